The van der Waals surface area contributed by atoms with Crippen molar-refractivity contribution >= 4 is 0 Å². The van der Waals surface area contributed by atoms with Crippen molar-refractivity contribution in [2.24, 2.45) is 0 Å². The largest absolute Gasteiger partial charge is 0.314 e. The van der Waals surface area contributed by atoms with E-state index in [-0.39, 0.29) is 0 Å². The summed E-state index contributed by atoms with van der Waals surface area (Å²) in [4.78, 5) is 7.54. The molecule has 0 N–H and O–H groups in total. The van der Waals surface area contributed by atoms with Crippen LogP contribution in [0.2, 0.25) is 0 Å². The summed E-state index contributed by atoms with van der Waals surface area (Å²) in [5.41, 5.74) is 0. The SMILES string of the molecule is Fc1nc(F)nc(C(F)F)n1. The van der Waals surface area contributed by atoms with Gasteiger partial charge in [0.05, 0.1) is 0 Å². The highest BCUT2D eigenvalue weighted by atomic mass is 19.3. The average Bonchev–Trinajstić information content (AvgIpc) is 1.85. The first-order chi connectivity index (χ1) is 5.09. The Kier molecular flexibility index (Phi) is 1.97. The summed E-state index contributed by atoms with van der Waals surface area (Å²) in [7, 11) is 0. The second-order valence-corrected chi connectivity index (χ2v) is 1.53. The summed E-state index contributed by atoms with van der Waals surface area (Å²) in [5, 5.41) is 0. The Morgan fingerprint density at radius 1 is 0.909 bits per heavy atom. The fourth-order valence-corrected chi connectivity index (χ4v) is 0.438. The Balaban J connectivity index is 3.08. The van der Waals surface area contributed by atoms with Gasteiger partial charge in [-0.3, -0.25) is 0 Å². The van der Waals surface area contributed by atoms with Gasteiger partial charge < -0.3 is 0 Å². The zero-order chi connectivity index (χ0) is 8.43. The van der Waals surface area contributed by atoms with Gasteiger partial charge in [-0.1, -0.05) is 0 Å². The van der Waals surface area contributed by atoms with Crippen LogP contribution in [-0.4, -0.2) is 15.0 Å². The molecule has 0 aliphatic heterocycles. The topological polar surface area (TPSA) is 38.7 Å². The molecule has 0 aromatic carbocycles. The predicted octanol–water partition coefficient (Wildman–Crippen LogP) is 1.09. The first-order valence-electron chi connectivity index (χ1n) is 2.44. The van der Waals surface area contributed by atoms with E-state index in [0.29, 0.717) is 0 Å². The van der Waals surface area contributed by atoms with Crippen molar-refractivity contribution in [3.05, 3.63) is 18.0 Å². The Morgan fingerprint density at radius 3 is 1.73 bits per heavy atom. The lowest BCUT2D eigenvalue weighted by Gasteiger charge is -1.95. The predicted molar refractivity (Wildman–Crippen MR) is 24.7 cm³/mol. The van der Waals surface area contributed by atoms with Crippen LogP contribution in [0.5, 0.6) is 0 Å². The normalized spacial score (nSPS) is 10.6. The zero-order valence-electron chi connectivity index (χ0n) is 4.93. The van der Waals surface area contributed by atoms with Crippen molar-refractivity contribution in [2.75, 3.05) is 0 Å². The number of nitrogens with zero attached hydrogens (tertiary/aromatic N) is 3. The molecule has 1 aromatic heterocycles. The third kappa shape index (κ3) is 1.82. The third-order valence-electron chi connectivity index (χ3n) is 0.793. The monoisotopic (exact) mass is 167 g/mol. The first-order valence-corrected chi connectivity index (χ1v) is 2.44. The summed E-state index contributed by atoms with van der Waals surface area (Å²) in [6.45, 7) is 0. The molecule has 0 bridgehead atoms. The molecule has 0 atom stereocenters. The molecule has 0 saturated carbocycles. The lowest BCUT2D eigenvalue weighted by Crippen LogP contribution is -2.04. The molecule has 1 rings (SSSR count). The van der Waals surface area contributed by atoms with Crippen LogP contribution in [-0.2, 0) is 0 Å². The van der Waals surface area contributed by atoms with Crippen molar-refractivity contribution in [3.63, 3.8) is 0 Å². The zero-order valence-corrected chi connectivity index (χ0v) is 4.93. The smallest absolute Gasteiger partial charge is 0.201 e. The van der Waals surface area contributed by atoms with Gasteiger partial charge >= 0.3 is 12.2 Å². The van der Waals surface area contributed by atoms with Gasteiger partial charge in [-0.2, -0.15) is 23.7 Å². The number of halogens is 4. The lowest BCUT2D eigenvalue weighted by molar-refractivity contribution is 0.135. The van der Waals surface area contributed by atoms with Crippen LogP contribution >= 0.6 is 0 Å². The van der Waals surface area contributed by atoms with Crippen LogP contribution in [0, 0.1) is 12.2 Å². The van der Waals surface area contributed by atoms with Gasteiger partial charge in [-0.25, -0.2) is 8.78 Å². The number of hydrogen-bond acceptors (Lipinski definition) is 3. The molecule has 0 aliphatic rings. The maximum absolute atomic E-state index is 12.0. The van der Waals surface area contributed by atoms with Crippen LogP contribution in [0.15, 0.2) is 0 Å². The van der Waals surface area contributed by atoms with E-state index < -0.39 is 24.4 Å². The van der Waals surface area contributed by atoms with Gasteiger partial charge in [0.15, 0.2) is 0 Å². The Hall–Kier alpha value is -1.27. The van der Waals surface area contributed by atoms with Crippen LogP contribution in [0.25, 0.3) is 0 Å². The van der Waals surface area contributed by atoms with Crippen molar-refractivity contribution in [2.45, 2.75) is 6.43 Å². The van der Waals surface area contributed by atoms with Gasteiger partial charge in [0, 0.05) is 0 Å². The first kappa shape index (κ1) is 7.83. The van der Waals surface area contributed by atoms with Crippen molar-refractivity contribution in [1.29, 1.82) is 0 Å². The second kappa shape index (κ2) is 2.77. The van der Waals surface area contributed by atoms with E-state index in [2.05, 4.69) is 15.0 Å². The molecule has 7 heteroatoms. The highest BCUT2D eigenvalue weighted by molar-refractivity contribution is 4.84. The molecule has 0 fully saturated rings. The molecule has 0 radical (unpaired) electrons. The second-order valence-electron chi connectivity index (χ2n) is 1.53. The van der Waals surface area contributed by atoms with E-state index in [1.54, 1.807) is 0 Å². The van der Waals surface area contributed by atoms with Crippen molar-refractivity contribution in [1.82, 2.24) is 15.0 Å². The van der Waals surface area contributed by atoms with Crippen LogP contribution in [0.4, 0.5) is 17.6 Å². The molecule has 60 valence electrons. The van der Waals surface area contributed by atoms with Gasteiger partial charge in [0.2, 0.25) is 5.82 Å². The highest BCUT2D eigenvalue weighted by Gasteiger charge is 2.14. The minimum absolute atomic E-state index is 1.20. The molecule has 3 nitrogen and oxygen atoms in total. The van der Waals surface area contributed by atoms with E-state index in [0.717, 1.165) is 0 Å². The number of hydrogen-bond donors (Lipinski definition) is 0. The van der Waals surface area contributed by atoms with Gasteiger partial charge in [0.25, 0.3) is 6.43 Å². The maximum Gasteiger partial charge on any atom is 0.314 e. The van der Waals surface area contributed by atoms with Crippen molar-refractivity contribution < 1.29 is 17.6 Å². The minimum atomic E-state index is -3.10. The minimum Gasteiger partial charge on any atom is -0.201 e. The molecule has 0 aliphatic carbocycles. The molecule has 1 aromatic rings. The molecule has 0 amide bonds. The van der Waals surface area contributed by atoms with E-state index in [1.807, 2.05) is 0 Å². The Morgan fingerprint density at radius 2 is 1.36 bits per heavy atom. The van der Waals surface area contributed by atoms with E-state index >= 15 is 0 Å². The highest BCUT2D eigenvalue weighted by Crippen LogP contribution is 2.12. The Labute approximate surface area is 58.1 Å². The quantitative estimate of drug-likeness (QED) is 0.587. The molecule has 0 unspecified atom stereocenters. The number of alkyl halides is 2. The standard InChI is InChI=1S/C4HF4N3/c5-1(6)2-9-3(7)11-4(8)10-2/h1H. The number of aromatic nitrogens is 3. The van der Waals surface area contributed by atoms with E-state index in [1.165, 1.54) is 0 Å². The maximum atomic E-state index is 12.0. The summed E-state index contributed by atoms with van der Waals surface area (Å²) < 4.78 is 47.2. The molecule has 0 spiro atoms. The van der Waals surface area contributed by atoms with Crippen LogP contribution in [0.3, 0.4) is 0 Å². The molecular formula is C4HF4N3. The van der Waals surface area contributed by atoms with E-state index in [9.17, 15) is 17.6 Å². The number of rotatable bonds is 1. The summed E-state index contributed by atoms with van der Waals surface area (Å²) in [6, 6.07) is 0. The average molecular weight is 167 g/mol. The van der Waals surface area contributed by atoms with Crippen molar-refractivity contribution in [3.8, 4) is 0 Å². The van der Waals surface area contributed by atoms with Gasteiger partial charge in [-0.05, 0) is 0 Å². The van der Waals surface area contributed by atoms with E-state index in [4.69, 9.17) is 0 Å². The molecule has 1 heterocycles. The lowest BCUT2D eigenvalue weighted by atomic mass is 10.6. The van der Waals surface area contributed by atoms with Crippen LogP contribution in [0.1, 0.15) is 12.2 Å². The fraction of sp³-hybridized carbons (Fsp3) is 0.250. The molecule has 0 saturated heterocycles. The molecule has 11 heavy (non-hydrogen) atoms. The van der Waals surface area contributed by atoms with Gasteiger partial charge in [0.1, 0.15) is 0 Å². The van der Waals surface area contributed by atoms with Crippen LogP contribution < -0.4 is 0 Å². The summed E-state index contributed by atoms with van der Waals surface area (Å²) >= 11 is 0. The molecular weight excluding hydrogens is 166 g/mol. The fourth-order valence-electron chi connectivity index (χ4n) is 0.438. The third-order valence-corrected chi connectivity index (χ3v) is 0.793. The Bertz CT molecular complexity index is 243. The van der Waals surface area contributed by atoms with Gasteiger partial charge in [-0.15, -0.1) is 0 Å². The summed E-state index contributed by atoms with van der Waals surface area (Å²) in [6.07, 6.45) is -6.19. The summed E-state index contributed by atoms with van der Waals surface area (Å²) in [5.74, 6) is -1.20.